The maximum Gasteiger partial charge on any atom is 0.263 e. The van der Waals surface area contributed by atoms with E-state index in [4.69, 9.17) is 25.6 Å². The molecule has 33 heavy (non-hydrogen) atoms. The predicted octanol–water partition coefficient (Wildman–Crippen LogP) is 2.75. The van der Waals surface area contributed by atoms with Gasteiger partial charge in [-0.25, -0.2) is 9.29 Å². The van der Waals surface area contributed by atoms with E-state index in [-0.39, 0.29) is 29.9 Å². The molecule has 0 radical (unpaired) electrons. The molecule has 0 unspecified atom stereocenters. The number of carbonyl (C=O) groups excluding carboxylic acids is 2. The zero-order chi connectivity index (χ0) is 22.7. The number of amides is 2. The second-order valence-corrected chi connectivity index (χ2v) is 7.79. The molecule has 1 saturated heterocycles. The summed E-state index contributed by atoms with van der Waals surface area (Å²) in [5.41, 5.74) is 0.811. The van der Waals surface area contributed by atoms with Crippen molar-refractivity contribution in [1.82, 2.24) is 15.1 Å². The van der Waals surface area contributed by atoms with Crippen molar-refractivity contribution < 1.29 is 28.0 Å². The van der Waals surface area contributed by atoms with E-state index in [2.05, 4.69) is 20.5 Å². The summed E-state index contributed by atoms with van der Waals surface area (Å²) < 4.78 is 29.5. The smallest absolute Gasteiger partial charge is 0.263 e. The normalized spacial score (nSPS) is 20.8. The number of hydrogen-bond donors (Lipinski definition) is 0. The van der Waals surface area contributed by atoms with Crippen molar-refractivity contribution in [1.29, 1.82) is 0 Å². The Morgan fingerprint density at radius 1 is 1.09 bits per heavy atom. The van der Waals surface area contributed by atoms with Crippen LogP contribution in [-0.2, 0) is 16.1 Å². The molecule has 0 aliphatic carbocycles. The summed E-state index contributed by atoms with van der Waals surface area (Å²) in [7, 11) is 0. The molecule has 166 valence electrons. The topological polar surface area (TPSA) is 123 Å². The average Bonchev–Trinajstić information content (AvgIpc) is 3.57. The van der Waals surface area contributed by atoms with Gasteiger partial charge in [0.25, 0.3) is 11.8 Å². The van der Waals surface area contributed by atoms with E-state index >= 15 is 0 Å². The van der Waals surface area contributed by atoms with Crippen LogP contribution in [0.5, 0.6) is 11.5 Å². The molecule has 0 bridgehead atoms. The Kier molecular flexibility index (Phi) is 4.30. The summed E-state index contributed by atoms with van der Waals surface area (Å²) in [6.07, 6.45) is 0. The maximum atomic E-state index is 13.5. The van der Waals surface area contributed by atoms with E-state index in [1.54, 1.807) is 18.2 Å². The molecule has 11 nitrogen and oxygen atoms in total. The Bertz CT molecular complexity index is 1350. The lowest BCUT2D eigenvalue weighted by molar-refractivity contribution is -0.123. The van der Waals surface area contributed by atoms with Crippen LogP contribution in [0.1, 0.15) is 5.89 Å². The van der Waals surface area contributed by atoms with Gasteiger partial charge in [0.05, 0.1) is 10.7 Å². The quantitative estimate of drug-likeness (QED) is 0.533. The molecular formula is C20H12ClFN6O5. The minimum Gasteiger partial charge on any atom is -0.454 e. The highest BCUT2D eigenvalue weighted by molar-refractivity contribution is 6.32. The van der Waals surface area contributed by atoms with Gasteiger partial charge in [-0.15, -0.1) is 0 Å². The van der Waals surface area contributed by atoms with Gasteiger partial charge in [-0.3, -0.25) is 14.6 Å². The van der Waals surface area contributed by atoms with Crippen LogP contribution in [0.3, 0.4) is 0 Å². The number of anilines is 1. The number of aromatic nitrogens is 2. The Morgan fingerprint density at radius 3 is 2.79 bits per heavy atom. The third-order valence-electron chi connectivity index (χ3n) is 5.42. The molecule has 0 N–H and O–H groups in total. The van der Waals surface area contributed by atoms with Gasteiger partial charge in [0.15, 0.2) is 23.6 Å². The molecule has 0 spiro atoms. The average molecular weight is 471 g/mol. The van der Waals surface area contributed by atoms with Crippen molar-refractivity contribution >= 4 is 29.1 Å². The van der Waals surface area contributed by atoms with Crippen molar-refractivity contribution in [3.8, 4) is 22.9 Å². The van der Waals surface area contributed by atoms with Crippen LogP contribution in [-0.4, -0.2) is 45.8 Å². The number of imide groups is 1. The van der Waals surface area contributed by atoms with Crippen LogP contribution in [0.2, 0.25) is 5.02 Å². The molecule has 2 amide bonds. The first-order chi connectivity index (χ1) is 16.0. The Hall–Kier alpha value is -4.06. The predicted molar refractivity (Wildman–Crippen MR) is 108 cm³/mol. The van der Waals surface area contributed by atoms with Gasteiger partial charge in [0.1, 0.15) is 12.4 Å². The van der Waals surface area contributed by atoms with E-state index in [0.29, 0.717) is 22.9 Å². The van der Waals surface area contributed by atoms with Crippen LogP contribution >= 0.6 is 11.6 Å². The molecule has 6 rings (SSSR count). The Labute approximate surface area is 189 Å². The molecule has 13 heteroatoms. The number of rotatable bonds is 4. The number of fused-ring (bicyclic) bond motifs is 2. The first-order valence-electron chi connectivity index (χ1n) is 9.72. The number of nitrogens with zero attached hydrogens (tertiary/aromatic N) is 6. The Balaban J connectivity index is 1.22. The lowest BCUT2D eigenvalue weighted by atomic mass is 10.1. The lowest BCUT2D eigenvalue weighted by Gasteiger charge is -2.19. The van der Waals surface area contributed by atoms with E-state index in [9.17, 15) is 14.0 Å². The highest BCUT2D eigenvalue weighted by atomic mass is 35.5. The third-order valence-corrected chi connectivity index (χ3v) is 5.71. The minimum atomic E-state index is -1.03. The van der Waals surface area contributed by atoms with Gasteiger partial charge in [0, 0.05) is 5.56 Å². The highest BCUT2D eigenvalue weighted by Gasteiger charge is 2.55. The summed E-state index contributed by atoms with van der Waals surface area (Å²) in [5.74, 6) is -0.110. The van der Waals surface area contributed by atoms with Gasteiger partial charge < -0.3 is 14.0 Å². The number of hydrogen-bond acceptors (Lipinski definition) is 10. The minimum absolute atomic E-state index is 0.0424. The van der Waals surface area contributed by atoms with Crippen molar-refractivity contribution in [3.63, 3.8) is 0 Å². The van der Waals surface area contributed by atoms with Crippen molar-refractivity contribution in [2.75, 3.05) is 11.7 Å². The van der Waals surface area contributed by atoms with E-state index in [0.717, 1.165) is 11.0 Å². The lowest BCUT2D eigenvalue weighted by Crippen LogP contribution is -2.39. The zero-order valence-electron chi connectivity index (χ0n) is 16.5. The monoisotopic (exact) mass is 470 g/mol. The SMILES string of the molecule is O=C1[C@H]2N=NN(Cc3nc(-c4ccc5c(c4)OCO5)no3)[C@@H]2C(=O)N1c1ccc(F)c(Cl)c1. The standard InChI is InChI=1S/C20H12ClFN6O5/c21-11-6-10(2-3-12(11)22)28-19(29)16-17(20(28)30)27(26-24-16)7-15-23-18(25-33-15)9-1-4-13-14(5-9)32-8-31-13/h1-6,16-17H,7-8H2/t16-,17-/m0/s1. The molecule has 1 fully saturated rings. The van der Waals surface area contributed by atoms with Gasteiger partial charge >= 0.3 is 0 Å². The summed E-state index contributed by atoms with van der Waals surface area (Å²) in [6.45, 7) is 0.103. The van der Waals surface area contributed by atoms with E-state index in [1.807, 2.05) is 0 Å². The number of ether oxygens (including phenoxy) is 2. The van der Waals surface area contributed by atoms with Crippen molar-refractivity contribution in [3.05, 3.63) is 53.1 Å². The van der Waals surface area contributed by atoms with Crippen molar-refractivity contribution in [2.45, 2.75) is 18.6 Å². The van der Waals surface area contributed by atoms with Crippen LogP contribution < -0.4 is 14.4 Å². The fraction of sp³-hybridized carbons (Fsp3) is 0.200. The van der Waals surface area contributed by atoms with E-state index < -0.39 is 29.7 Å². The van der Waals surface area contributed by atoms with Crippen molar-refractivity contribution in [2.24, 2.45) is 10.3 Å². The molecule has 4 heterocycles. The largest absolute Gasteiger partial charge is 0.454 e. The third kappa shape index (κ3) is 3.09. The first-order valence-corrected chi connectivity index (χ1v) is 10.1. The highest BCUT2D eigenvalue weighted by Crippen LogP contribution is 2.36. The molecule has 3 aliphatic rings. The summed E-state index contributed by atoms with van der Waals surface area (Å²) >= 11 is 5.81. The molecule has 1 aromatic heterocycles. The van der Waals surface area contributed by atoms with Gasteiger partial charge in [0.2, 0.25) is 18.5 Å². The fourth-order valence-electron chi connectivity index (χ4n) is 3.84. The summed E-state index contributed by atoms with van der Waals surface area (Å²) in [4.78, 5) is 31.1. The van der Waals surface area contributed by atoms with Crippen LogP contribution in [0.15, 0.2) is 51.3 Å². The summed E-state index contributed by atoms with van der Waals surface area (Å²) in [5, 5.41) is 13.0. The van der Waals surface area contributed by atoms with E-state index in [1.165, 1.54) is 17.1 Å². The van der Waals surface area contributed by atoms with Gasteiger partial charge in [-0.1, -0.05) is 22.0 Å². The number of carbonyl (C=O) groups is 2. The van der Waals surface area contributed by atoms with Crippen LogP contribution in [0.25, 0.3) is 11.4 Å². The molecule has 0 saturated carbocycles. The van der Waals surface area contributed by atoms with Gasteiger partial charge in [-0.2, -0.15) is 10.1 Å². The fourth-order valence-corrected chi connectivity index (χ4v) is 4.02. The maximum absolute atomic E-state index is 13.5. The van der Waals surface area contributed by atoms with Crippen LogP contribution in [0, 0.1) is 5.82 Å². The zero-order valence-corrected chi connectivity index (χ0v) is 17.3. The molecule has 2 aromatic carbocycles. The Morgan fingerprint density at radius 2 is 1.94 bits per heavy atom. The van der Waals surface area contributed by atoms with Crippen LogP contribution in [0.4, 0.5) is 10.1 Å². The first kappa shape index (κ1) is 19.6. The molecular weight excluding hydrogens is 459 g/mol. The second kappa shape index (κ2) is 7.24. The second-order valence-electron chi connectivity index (χ2n) is 7.38. The molecule has 2 atom stereocenters. The number of benzene rings is 2. The van der Waals surface area contributed by atoms with Gasteiger partial charge in [-0.05, 0) is 36.4 Å². The molecule has 3 aromatic rings. The molecule has 3 aliphatic heterocycles. The summed E-state index contributed by atoms with van der Waals surface area (Å²) in [6, 6.07) is 6.82. The number of halogens is 2.